The summed E-state index contributed by atoms with van der Waals surface area (Å²) < 4.78 is 39.6. The number of carbonyl (C=O) groups excluding carboxylic acids is 1. The zero-order valence-electron chi connectivity index (χ0n) is 16.7. The van der Waals surface area contributed by atoms with E-state index in [4.69, 9.17) is 11.6 Å². The smallest absolute Gasteiger partial charge is 0.342 e. The van der Waals surface area contributed by atoms with Crippen LogP contribution in [0.25, 0.3) is 5.82 Å². The standard InChI is InChI=1S/C21H16ClF3N6O/c1-12(18-28-11-29-31(18)17-3-2-14(9-27-17)21(23,24)25)30-19(32)13-6-15(8-16(22)7-13)20(10-26)4-5-20/h2-3,6-9,11-12H,4-5H2,1H3,(H,30,32)/t12-/m1/s1. The van der Waals surface area contributed by atoms with Crippen LogP contribution in [0, 0.1) is 11.3 Å². The number of hydrogen-bond donors (Lipinski definition) is 1. The molecule has 32 heavy (non-hydrogen) atoms. The van der Waals surface area contributed by atoms with E-state index < -0.39 is 29.1 Å². The van der Waals surface area contributed by atoms with E-state index in [1.165, 1.54) is 23.1 Å². The number of carbonyl (C=O) groups is 1. The molecule has 0 spiro atoms. The minimum Gasteiger partial charge on any atom is -0.342 e. The molecule has 1 N–H and O–H groups in total. The maximum absolute atomic E-state index is 12.8. The van der Waals surface area contributed by atoms with Crippen molar-refractivity contribution >= 4 is 17.5 Å². The maximum Gasteiger partial charge on any atom is 0.417 e. The summed E-state index contributed by atoms with van der Waals surface area (Å²) in [4.78, 5) is 20.8. The van der Waals surface area contributed by atoms with Crippen molar-refractivity contribution in [1.29, 1.82) is 5.26 Å². The Morgan fingerprint density at radius 2 is 2.03 bits per heavy atom. The van der Waals surface area contributed by atoms with Gasteiger partial charge in [-0.25, -0.2) is 9.97 Å². The molecular formula is C21H16ClF3N6O. The van der Waals surface area contributed by atoms with Crippen LogP contribution in [0.2, 0.25) is 5.02 Å². The second kappa shape index (κ2) is 7.91. The van der Waals surface area contributed by atoms with Crippen molar-refractivity contribution in [3.05, 3.63) is 70.4 Å². The Morgan fingerprint density at radius 3 is 2.62 bits per heavy atom. The van der Waals surface area contributed by atoms with E-state index in [1.54, 1.807) is 19.1 Å². The summed E-state index contributed by atoms with van der Waals surface area (Å²) >= 11 is 6.17. The summed E-state index contributed by atoms with van der Waals surface area (Å²) in [7, 11) is 0. The fourth-order valence-corrected chi connectivity index (χ4v) is 3.57. The van der Waals surface area contributed by atoms with E-state index in [-0.39, 0.29) is 11.6 Å². The third kappa shape index (κ3) is 4.16. The molecule has 1 atom stereocenters. The normalized spacial score (nSPS) is 15.6. The lowest BCUT2D eigenvalue weighted by Crippen LogP contribution is -2.29. The number of nitrogens with one attached hydrogen (secondary N) is 1. The largest absolute Gasteiger partial charge is 0.417 e. The molecular weight excluding hydrogens is 445 g/mol. The first-order chi connectivity index (χ1) is 15.1. The molecule has 0 unspecified atom stereocenters. The number of nitrogens with zero attached hydrogens (tertiary/aromatic N) is 5. The van der Waals surface area contributed by atoms with Gasteiger partial charge in [-0.1, -0.05) is 11.6 Å². The summed E-state index contributed by atoms with van der Waals surface area (Å²) in [6.07, 6.45) is -1.15. The Balaban J connectivity index is 1.55. The number of nitriles is 1. The van der Waals surface area contributed by atoms with Gasteiger partial charge < -0.3 is 5.32 Å². The van der Waals surface area contributed by atoms with Crippen LogP contribution < -0.4 is 5.32 Å². The fourth-order valence-electron chi connectivity index (χ4n) is 3.33. The third-order valence-corrected chi connectivity index (χ3v) is 5.50. The predicted molar refractivity (Wildman–Crippen MR) is 108 cm³/mol. The Labute approximate surface area is 185 Å². The van der Waals surface area contributed by atoms with E-state index in [9.17, 15) is 23.2 Å². The van der Waals surface area contributed by atoms with Crippen LogP contribution in [0.1, 0.15) is 53.1 Å². The van der Waals surface area contributed by atoms with Crippen molar-refractivity contribution in [2.45, 2.75) is 37.4 Å². The Morgan fingerprint density at radius 1 is 1.28 bits per heavy atom. The van der Waals surface area contributed by atoms with Gasteiger partial charge in [-0.3, -0.25) is 4.79 Å². The molecule has 1 aliphatic rings. The molecule has 1 amide bonds. The van der Waals surface area contributed by atoms with Crippen LogP contribution in [0.3, 0.4) is 0 Å². The van der Waals surface area contributed by atoms with E-state index in [2.05, 4.69) is 26.5 Å². The SMILES string of the molecule is C[C@@H](NC(=O)c1cc(Cl)cc(C2(C#N)CC2)c1)c1ncnn1-c1ccc(C(F)(F)F)cn1. The van der Waals surface area contributed by atoms with E-state index in [1.807, 2.05) is 0 Å². The number of halogens is 4. The molecule has 1 fully saturated rings. The third-order valence-electron chi connectivity index (χ3n) is 5.28. The molecule has 0 saturated heterocycles. The number of pyridine rings is 1. The van der Waals surface area contributed by atoms with Crippen molar-refractivity contribution in [3.8, 4) is 11.9 Å². The number of benzene rings is 1. The van der Waals surface area contributed by atoms with Crippen LogP contribution in [-0.4, -0.2) is 25.7 Å². The lowest BCUT2D eigenvalue weighted by atomic mass is 9.95. The molecule has 0 bridgehead atoms. The molecule has 1 aromatic carbocycles. The van der Waals surface area contributed by atoms with Crippen molar-refractivity contribution in [3.63, 3.8) is 0 Å². The number of hydrogen-bond acceptors (Lipinski definition) is 5. The molecule has 4 rings (SSSR count). The lowest BCUT2D eigenvalue weighted by Gasteiger charge is -2.16. The molecule has 1 saturated carbocycles. The van der Waals surface area contributed by atoms with Gasteiger partial charge in [0, 0.05) is 16.8 Å². The minimum atomic E-state index is -4.50. The Bertz CT molecular complexity index is 1210. The van der Waals surface area contributed by atoms with Gasteiger partial charge >= 0.3 is 6.18 Å². The fraction of sp³-hybridized carbons (Fsp3) is 0.286. The maximum atomic E-state index is 12.8. The molecule has 0 aliphatic heterocycles. The first kappa shape index (κ1) is 21.8. The average Bonchev–Trinajstić information content (AvgIpc) is 3.40. The highest BCUT2D eigenvalue weighted by Gasteiger charge is 2.45. The highest BCUT2D eigenvalue weighted by molar-refractivity contribution is 6.31. The number of amides is 1. The molecule has 164 valence electrons. The number of rotatable bonds is 5. The van der Waals surface area contributed by atoms with Crippen molar-refractivity contribution in [2.75, 3.05) is 0 Å². The molecule has 1 aliphatic carbocycles. The van der Waals surface area contributed by atoms with Crippen LogP contribution >= 0.6 is 11.6 Å². The summed E-state index contributed by atoms with van der Waals surface area (Å²) in [5.74, 6) is -0.0326. The Hall–Kier alpha value is -3.45. The van der Waals surface area contributed by atoms with Gasteiger partial charge in [-0.2, -0.15) is 28.2 Å². The monoisotopic (exact) mass is 460 g/mol. The summed E-state index contributed by atoms with van der Waals surface area (Å²) in [6, 6.07) is 8.53. The van der Waals surface area contributed by atoms with Crippen molar-refractivity contribution in [2.24, 2.45) is 0 Å². The first-order valence-corrected chi connectivity index (χ1v) is 9.97. The summed E-state index contributed by atoms with van der Waals surface area (Å²) in [5, 5.41) is 16.6. The van der Waals surface area contributed by atoms with E-state index >= 15 is 0 Å². The Kier molecular flexibility index (Phi) is 5.38. The topological polar surface area (TPSA) is 96.5 Å². The number of aromatic nitrogens is 4. The number of alkyl halides is 3. The van der Waals surface area contributed by atoms with Gasteiger partial charge in [-0.15, -0.1) is 0 Å². The second-order valence-corrected chi connectivity index (χ2v) is 7.99. The van der Waals surface area contributed by atoms with Gasteiger partial charge in [0.15, 0.2) is 11.6 Å². The van der Waals surface area contributed by atoms with Crippen LogP contribution in [-0.2, 0) is 11.6 Å². The quantitative estimate of drug-likeness (QED) is 0.609. The van der Waals surface area contributed by atoms with Gasteiger partial charge in [0.2, 0.25) is 0 Å². The van der Waals surface area contributed by atoms with Gasteiger partial charge in [0.05, 0.1) is 23.1 Å². The van der Waals surface area contributed by atoms with Crippen molar-refractivity contribution < 1.29 is 18.0 Å². The zero-order valence-corrected chi connectivity index (χ0v) is 17.4. The minimum absolute atomic E-state index is 0.126. The van der Waals surface area contributed by atoms with Crippen molar-refractivity contribution in [1.82, 2.24) is 25.1 Å². The van der Waals surface area contributed by atoms with Gasteiger partial charge in [-0.05, 0) is 55.7 Å². The molecule has 3 aromatic rings. The molecule has 2 aromatic heterocycles. The predicted octanol–water partition coefficient (Wildman–Crippen LogP) is 4.38. The summed E-state index contributed by atoms with van der Waals surface area (Å²) in [5.41, 5.74) is -0.492. The van der Waals surface area contributed by atoms with Crippen LogP contribution in [0.5, 0.6) is 0 Å². The summed E-state index contributed by atoms with van der Waals surface area (Å²) in [6.45, 7) is 1.66. The van der Waals surface area contributed by atoms with E-state index in [0.29, 0.717) is 35.2 Å². The molecule has 0 radical (unpaired) electrons. The molecule has 7 nitrogen and oxygen atoms in total. The van der Waals surface area contributed by atoms with Crippen LogP contribution in [0.15, 0.2) is 42.9 Å². The lowest BCUT2D eigenvalue weighted by molar-refractivity contribution is -0.137. The van der Waals surface area contributed by atoms with Gasteiger partial charge in [0.1, 0.15) is 6.33 Å². The highest BCUT2D eigenvalue weighted by Crippen LogP contribution is 2.48. The van der Waals surface area contributed by atoms with E-state index in [0.717, 1.165) is 6.07 Å². The highest BCUT2D eigenvalue weighted by atomic mass is 35.5. The first-order valence-electron chi connectivity index (χ1n) is 9.60. The molecule has 11 heteroatoms. The van der Waals surface area contributed by atoms with Gasteiger partial charge in [0.25, 0.3) is 5.91 Å². The zero-order chi connectivity index (χ0) is 23.1. The second-order valence-electron chi connectivity index (χ2n) is 7.55. The van der Waals surface area contributed by atoms with Crippen LogP contribution in [0.4, 0.5) is 13.2 Å². The average molecular weight is 461 g/mol. The molecule has 2 heterocycles.